The van der Waals surface area contributed by atoms with E-state index in [1.54, 1.807) is 6.20 Å². The number of aromatic nitrogens is 3. The number of hydrogen-bond donors (Lipinski definition) is 0. The van der Waals surface area contributed by atoms with Crippen LogP contribution in [0.15, 0.2) is 61.2 Å². The predicted octanol–water partition coefficient (Wildman–Crippen LogP) is 4.35. The lowest BCUT2D eigenvalue weighted by Crippen LogP contribution is -2.35. The fourth-order valence-corrected chi connectivity index (χ4v) is 4.13. The molecular formula is C24H28N4O. The van der Waals surface area contributed by atoms with Crippen molar-refractivity contribution in [1.29, 1.82) is 0 Å². The first kappa shape index (κ1) is 19.4. The standard InChI is InChI=1S/C24H28N4O/c1-19-7-2-3-11-22(19)17-27-14-13-26-23(27)18-28(16-20-8-6-12-25-15-20)24(29)21-9-4-5-10-21/h2-3,6-8,11-15,21H,4-5,9-10,16-18H2,1H3. The number of imidazole rings is 1. The van der Waals surface area contributed by atoms with Crippen LogP contribution in [0, 0.1) is 12.8 Å². The highest BCUT2D eigenvalue weighted by Gasteiger charge is 2.28. The van der Waals surface area contributed by atoms with E-state index in [1.807, 2.05) is 35.6 Å². The van der Waals surface area contributed by atoms with Crippen molar-refractivity contribution < 1.29 is 4.79 Å². The molecule has 2 heterocycles. The Balaban J connectivity index is 1.55. The van der Waals surface area contributed by atoms with E-state index < -0.39 is 0 Å². The number of rotatable bonds is 7. The van der Waals surface area contributed by atoms with Gasteiger partial charge in [0.25, 0.3) is 0 Å². The molecule has 0 radical (unpaired) electrons. The third kappa shape index (κ3) is 4.73. The number of carbonyl (C=O) groups is 1. The first-order valence-corrected chi connectivity index (χ1v) is 10.4. The number of aryl methyl sites for hydroxylation is 1. The molecule has 3 aromatic rings. The zero-order chi connectivity index (χ0) is 20.1. The molecule has 4 rings (SSSR count). The molecule has 0 N–H and O–H groups in total. The Labute approximate surface area is 172 Å². The molecule has 1 aliphatic rings. The second-order valence-corrected chi connectivity index (χ2v) is 7.93. The van der Waals surface area contributed by atoms with E-state index in [0.29, 0.717) is 13.1 Å². The molecule has 2 aromatic heterocycles. The highest BCUT2D eigenvalue weighted by atomic mass is 16.2. The van der Waals surface area contributed by atoms with Gasteiger partial charge in [-0.1, -0.05) is 43.2 Å². The second-order valence-electron chi connectivity index (χ2n) is 7.93. The Hall–Kier alpha value is -2.95. The van der Waals surface area contributed by atoms with Crippen molar-refractivity contribution in [2.75, 3.05) is 0 Å². The zero-order valence-corrected chi connectivity index (χ0v) is 17.0. The summed E-state index contributed by atoms with van der Waals surface area (Å²) in [5, 5.41) is 0. The number of hydrogen-bond acceptors (Lipinski definition) is 3. The summed E-state index contributed by atoms with van der Waals surface area (Å²) in [6.45, 7) is 3.98. The van der Waals surface area contributed by atoms with Crippen molar-refractivity contribution >= 4 is 5.91 Å². The van der Waals surface area contributed by atoms with Crippen LogP contribution < -0.4 is 0 Å². The van der Waals surface area contributed by atoms with Crippen LogP contribution in [0.1, 0.15) is 48.2 Å². The van der Waals surface area contributed by atoms with Gasteiger partial charge in [-0.05, 0) is 42.5 Å². The largest absolute Gasteiger partial charge is 0.331 e. The topological polar surface area (TPSA) is 51.0 Å². The van der Waals surface area contributed by atoms with Crippen LogP contribution in [0.5, 0.6) is 0 Å². The Kier molecular flexibility index (Phi) is 6.03. The Morgan fingerprint density at radius 1 is 1.10 bits per heavy atom. The maximum atomic E-state index is 13.3. The van der Waals surface area contributed by atoms with Gasteiger partial charge in [-0.15, -0.1) is 0 Å². The molecule has 29 heavy (non-hydrogen) atoms. The lowest BCUT2D eigenvalue weighted by Gasteiger charge is -2.26. The molecule has 1 aromatic carbocycles. The quantitative estimate of drug-likeness (QED) is 0.604. The number of pyridine rings is 1. The van der Waals surface area contributed by atoms with Crippen molar-refractivity contribution in [3.05, 3.63) is 83.7 Å². The average molecular weight is 389 g/mol. The highest BCUT2D eigenvalue weighted by Crippen LogP contribution is 2.28. The molecule has 0 spiro atoms. The van der Waals surface area contributed by atoms with E-state index in [-0.39, 0.29) is 11.8 Å². The van der Waals surface area contributed by atoms with Crippen LogP contribution in [0.2, 0.25) is 0 Å². The third-order valence-corrected chi connectivity index (χ3v) is 5.85. The molecule has 0 bridgehead atoms. The Morgan fingerprint density at radius 3 is 2.69 bits per heavy atom. The van der Waals surface area contributed by atoms with Gasteiger partial charge in [0.05, 0.1) is 6.54 Å². The van der Waals surface area contributed by atoms with E-state index in [4.69, 9.17) is 0 Å². The van der Waals surface area contributed by atoms with Crippen LogP contribution in [-0.2, 0) is 24.4 Å². The van der Waals surface area contributed by atoms with Gasteiger partial charge in [-0.3, -0.25) is 9.78 Å². The molecule has 0 unspecified atom stereocenters. The number of carbonyl (C=O) groups excluding carboxylic acids is 1. The summed E-state index contributed by atoms with van der Waals surface area (Å²) in [7, 11) is 0. The van der Waals surface area contributed by atoms with E-state index in [2.05, 4.69) is 45.7 Å². The number of nitrogens with zero attached hydrogens (tertiary/aromatic N) is 4. The highest BCUT2D eigenvalue weighted by molar-refractivity contribution is 5.79. The van der Waals surface area contributed by atoms with Gasteiger partial charge >= 0.3 is 0 Å². The molecule has 1 amide bonds. The first-order chi connectivity index (χ1) is 14.2. The van der Waals surface area contributed by atoms with E-state index in [1.165, 1.54) is 11.1 Å². The summed E-state index contributed by atoms with van der Waals surface area (Å²) in [6.07, 6.45) is 11.7. The van der Waals surface area contributed by atoms with Gasteiger partial charge < -0.3 is 9.47 Å². The van der Waals surface area contributed by atoms with Crippen LogP contribution in [-0.4, -0.2) is 25.3 Å². The van der Waals surface area contributed by atoms with Gasteiger partial charge in [0.1, 0.15) is 5.82 Å². The zero-order valence-electron chi connectivity index (χ0n) is 17.0. The Morgan fingerprint density at radius 2 is 1.93 bits per heavy atom. The van der Waals surface area contributed by atoms with Gasteiger partial charge in [0, 0.05) is 43.8 Å². The molecule has 5 nitrogen and oxygen atoms in total. The van der Waals surface area contributed by atoms with Crippen LogP contribution in [0.3, 0.4) is 0 Å². The summed E-state index contributed by atoms with van der Waals surface area (Å²) in [6, 6.07) is 12.4. The predicted molar refractivity (Wildman–Crippen MR) is 113 cm³/mol. The average Bonchev–Trinajstić information content (AvgIpc) is 3.42. The molecule has 150 valence electrons. The minimum absolute atomic E-state index is 0.145. The van der Waals surface area contributed by atoms with Gasteiger partial charge in [-0.25, -0.2) is 4.98 Å². The van der Waals surface area contributed by atoms with Crippen molar-refractivity contribution in [2.24, 2.45) is 5.92 Å². The number of benzene rings is 1. The normalized spacial score (nSPS) is 14.2. The smallest absolute Gasteiger partial charge is 0.226 e. The van der Waals surface area contributed by atoms with Crippen LogP contribution in [0.25, 0.3) is 0 Å². The van der Waals surface area contributed by atoms with E-state index in [9.17, 15) is 4.79 Å². The second kappa shape index (κ2) is 9.03. The van der Waals surface area contributed by atoms with Crippen LogP contribution >= 0.6 is 0 Å². The fraction of sp³-hybridized carbons (Fsp3) is 0.375. The summed E-state index contributed by atoms with van der Waals surface area (Å²) in [5.74, 6) is 1.31. The monoisotopic (exact) mass is 388 g/mol. The molecule has 1 aliphatic carbocycles. The summed E-state index contributed by atoms with van der Waals surface area (Å²) in [4.78, 5) is 24.0. The van der Waals surface area contributed by atoms with E-state index in [0.717, 1.165) is 43.6 Å². The lowest BCUT2D eigenvalue weighted by molar-refractivity contribution is -0.136. The van der Waals surface area contributed by atoms with Crippen molar-refractivity contribution in [3.63, 3.8) is 0 Å². The number of amides is 1. The SMILES string of the molecule is Cc1ccccc1Cn1ccnc1CN(Cc1cccnc1)C(=O)C1CCCC1. The van der Waals surface area contributed by atoms with Crippen molar-refractivity contribution in [2.45, 2.75) is 52.2 Å². The molecule has 0 saturated heterocycles. The fourth-order valence-electron chi connectivity index (χ4n) is 4.13. The molecule has 0 aliphatic heterocycles. The molecule has 5 heteroatoms. The minimum Gasteiger partial charge on any atom is -0.331 e. The summed E-state index contributed by atoms with van der Waals surface area (Å²) < 4.78 is 2.15. The summed E-state index contributed by atoms with van der Waals surface area (Å²) >= 11 is 0. The first-order valence-electron chi connectivity index (χ1n) is 10.4. The molecular weight excluding hydrogens is 360 g/mol. The summed E-state index contributed by atoms with van der Waals surface area (Å²) in [5.41, 5.74) is 3.59. The molecule has 0 atom stereocenters. The van der Waals surface area contributed by atoms with Crippen LogP contribution in [0.4, 0.5) is 0 Å². The lowest BCUT2D eigenvalue weighted by atomic mass is 10.1. The van der Waals surface area contributed by atoms with Gasteiger partial charge in [-0.2, -0.15) is 0 Å². The third-order valence-electron chi connectivity index (χ3n) is 5.85. The van der Waals surface area contributed by atoms with Gasteiger partial charge in [0.15, 0.2) is 0 Å². The van der Waals surface area contributed by atoms with Crippen molar-refractivity contribution in [3.8, 4) is 0 Å². The minimum atomic E-state index is 0.145. The van der Waals surface area contributed by atoms with Crippen molar-refractivity contribution in [1.82, 2.24) is 19.4 Å². The molecule has 1 fully saturated rings. The Bertz CT molecular complexity index is 944. The van der Waals surface area contributed by atoms with E-state index >= 15 is 0 Å². The maximum absolute atomic E-state index is 13.3. The van der Waals surface area contributed by atoms with Gasteiger partial charge in [0.2, 0.25) is 5.91 Å². The maximum Gasteiger partial charge on any atom is 0.226 e. The molecule has 1 saturated carbocycles.